The molecule has 2 amide bonds. The lowest BCUT2D eigenvalue weighted by molar-refractivity contribution is -0.144. The van der Waals surface area contributed by atoms with Crippen molar-refractivity contribution in [1.29, 1.82) is 0 Å². The molecule has 9 nitrogen and oxygen atoms in total. The van der Waals surface area contributed by atoms with Crippen molar-refractivity contribution in [2.45, 2.75) is 82.4 Å². The second-order valence-corrected chi connectivity index (χ2v) is 11.4. The Kier molecular flexibility index (Phi) is 5.89. The van der Waals surface area contributed by atoms with Crippen LogP contribution in [0.2, 0.25) is 0 Å². The maximum Gasteiger partial charge on any atom is 0.248 e. The van der Waals surface area contributed by atoms with Gasteiger partial charge in [-0.2, -0.15) is 0 Å². The highest BCUT2D eigenvalue weighted by molar-refractivity contribution is 5.90. The van der Waals surface area contributed by atoms with Gasteiger partial charge in [0.05, 0.1) is 18.0 Å². The lowest BCUT2D eigenvalue weighted by Gasteiger charge is -2.34. The number of amides is 2. The first-order valence-corrected chi connectivity index (χ1v) is 12.4. The number of pyridine rings is 1. The van der Waals surface area contributed by atoms with E-state index in [1.54, 1.807) is 10.7 Å². The minimum Gasteiger partial charge on any atom is -0.391 e. The van der Waals surface area contributed by atoms with Crippen molar-refractivity contribution in [1.82, 2.24) is 30.2 Å². The smallest absolute Gasteiger partial charge is 0.248 e. The van der Waals surface area contributed by atoms with Crippen LogP contribution in [-0.4, -0.2) is 67.0 Å². The summed E-state index contributed by atoms with van der Waals surface area (Å²) in [5.41, 5.74) is 0.867. The Hall–Kier alpha value is -2.88. The minimum absolute atomic E-state index is 0.0956. The van der Waals surface area contributed by atoms with Crippen molar-refractivity contribution in [3.05, 3.63) is 41.7 Å². The second kappa shape index (κ2) is 8.65. The second-order valence-electron chi connectivity index (χ2n) is 11.4. The van der Waals surface area contributed by atoms with Gasteiger partial charge in [0, 0.05) is 42.7 Å². The molecule has 0 aromatic carbocycles. The number of carbonyl (C=O) groups excluding carboxylic acids is 2. The Bertz CT molecular complexity index is 1100. The van der Waals surface area contributed by atoms with E-state index in [4.69, 9.17) is 0 Å². The number of nitrogens with one attached hydrogen (secondary N) is 1. The molecule has 188 valence electrons. The summed E-state index contributed by atoms with van der Waals surface area (Å²) in [7, 11) is 0. The molecule has 3 atom stereocenters. The molecule has 2 aromatic heterocycles. The third kappa shape index (κ3) is 4.80. The number of likely N-dealkylation sites (tertiary alicyclic amines) is 1. The van der Waals surface area contributed by atoms with Gasteiger partial charge in [-0.3, -0.25) is 14.6 Å². The summed E-state index contributed by atoms with van der Waals surface area (Å²) in [4.78, 5) is 32.7. The fraction of sp³-hybridized carbons (Fsp3) is 0.640. The van der Waals surface area contributed by atoms with E-state index in [0.29, 0.717) is 12.5 Å². The zero-order valence-electron chi connectivity index (χ0n) is 20.4. The summed E-state index contributed by atoms with van der Waals surface area (Å²) in [5.74, 6) is -0.527. The first-order chi connectivity index (χ1) is 16.6. The molecule has 35 heavy (non-hydrogen) atoms. The number of hydrogen-bond acceptors (Lipinski definition) is 6. The topological polar surface area (TPSA) is 113 Å². The summed E-state index contributed by atoms with van der Waals surface area (Å²) in [6.07, 6.45) is 6.32. The average molecular weight is 485 g/mol. The van der Waals surface area contributed by atoms with E-state index in [2.05, 4.69) is 20.6 Å². The number of aliphatic hydroxyl groups is 1. The van der Waals surface area contributed by atoms with Crippen LogP contribution in [0.5, 0.6) is 0 Å². The third-order valence-corrected chi connectivity index (χ3v) is 7.43. The number of rotatable bonds is 7. The highest BCUT2D eigenvalue weighted by atomic mass is 19.1. The van der Waals surface area contributed by atoms with Crippen LogP contribution in [0.25, 0.3) is 0 Å². The summed E-state index contributed by atoms with van der Waals surface area (Å²) < 4.78 is 14.9. The van der Waals surface area contributed by atoms with Gasteiger partial charge in [0.15, 0.2) is 0 Å². The third-order valence-electron chi connectivity index (χ3n) is 7.43. The van der Waals surface area contributed by atoms with E-state index in [0.717, 1.165) is 37.1 Å². The number of carbonyl (C=O) groups is 2. The van der Waals surface area contributed by atoms with Crippen LogP contribution in [0, 0.1) is 11.2 Å². The van der Waals surface area contributed by atoms with Gasteiger partial charge in [-0.1, -0.05) is 26.0 Å². The summed E-state index contributed by atoms with van der Waals surface area (Å²) >= 11 is 0. The molecule has 3 aliphatic rings. The van der Waals surface area contributed by atoms with Crippen LogP contribution in [0.1, 0.15) is 76.2 Å². The molecule has 2 aliphatic carbocycles. The Morgan fingerprint density at radius 1 is 1.29 bits per heavy atom. The van der Waals surface area contributed by atoms with Gasteiger partial charge < -0.3 is 15.3 Å². The molecule has 3 heterocycles. The Morgan fingerprint density at radius 3 is 2.63 bits per heavy atom. The molecule has 2 aromatic rings. The van der Waals surface area contributed by atoms with E-state index in [9.17, 15) is 19.1 Å². The molecule has 1 saturated heterocycles. The molecule has 10 heteroatoms. The van der Waals surface area contributed by atoms with Crippen LogP contribution < -0.4 is 5.32 Å². The predicted molar refractivity (Wildman–Crippen MR) is 125 cm³/mol. The van der Waals surface area contributed by atoms with Gasteiger partial charge in [-0.15, -0.1) is 5.10 Å². The van der Waals surface area contributed by atoms with E-state index in [-0.39, 0.29) is 30.2 Å². The van der Waals surface area contributed by atoms with Crippen molar-refractivity contribution in [2.24, 2.45) is 5.41 Å². The van der Waals surface area contributed by atoms with Crippen LogP contribution in [0.4, 0.5) is 4.39 Å². The number of nitrogens with zero attached hydrogens (tertiary/aromatic N) is 5. The van der Waals surface area contributed by atoms with Crippen molar-refractivity contribution >= 4 is 11.8 Å². The fourth-order valence-corrected chi connectivity index (χ4v) is 5.06. The number of hydrogen-bond donors (Lipinski definition) is 2. The summed E-state index contributed by atoms with van der Waals surface area (Å²) in [6, 6.07) is 1.61. The van der Waals surface area contributed by atoms with Crippen molar-refractivity contribution in [2.75, 3.05) is 13.1 Å². The SMILES string of the molecule is CC(C)(C)[C@@H](C(=O)N1CC(O)CC1C(=O)NCC1(c2ccc(F)cn2)CC1)n1cc(C2CC2)nn1. The number of β-amino-alcohol motifs (C(OH)–C–C–N with tert-alkyl or cyclic N) is 1. The average Bonchev–Trinajstić information content (AvgIpc) is 3.71. The molecule has 3 fully saturated rings. The van der Waals surface area contributed by atoms with Crippen molar-refractivity contribution in [3.63, 3.8) is 0 Å². The monoisotopic (exact) mass is 484 g/mol. The highest BCUT2D eigenvalue weighted by Crippen LogP contribution is 2.47. The van der Waals surface area contributed by atoms with Gasteiger partial charge in [0.1, 0.15) is 17.9 Å². The fourth-order valence-electron chi connectivity index (χ4n) is 5.06. The molecule has 2 unspecified atom stereocenters. The Labute approximate surface area is 204 Å². The van der Waals surface area contributed by atoms with Gasteiger partial charge in [0.2, 0.25) is 11.8 Å². The quantitative estimate of drug-likeness (QED) is 0.622. The maximum absolute atomic E-state index is 13.8. The highest BCUT2D eigenvalue weighted by Gasteiger charge is 2.48. The maximum atomic E-state index is 13.8. The molecular formula is C25H33FN6O3. The largest absolute Gasteiger partial charge is 0.391 e. The van der Waals surface area contributed by atoms with Crippen LogP contribution in [0.3, 0.4) is 0 Å². The standard InChI is InChI=1S/C25H33FN6O3/c1-24(2,3)21(32-13-18(29-30-32)15-4-5-15)23(35)31-12-17(33)10-19(31)22(34)28-14-25(8-9-25)20-7-6-16(26)11-27-20/h6-7,11,13,15,17,19,21,33H,4-5,8-10,12,14H2,1-3H3,(H,28,34)/t17?,19?,21-/m1/s1. The van der Waals surface area contributed by atoms with Crippen molar-refractivity contribution in [3.8, 4) is 0 Å². The van der Waals surface area contributed by atoms with Crippen molar-refractivity contribution < 1.29 is 19.1 Å². The Morgan fingerprint density at radius 2 is 2.03 bits per heavy atom. The molecule has 2 N–H and O–H groups in total. The predicted octanol–water partition coefficient (Wildman–Crippen LogP) is 2.09. The van der Waals surface area contributed by atoms with E-state index >= 15 is 0 Å². The van der Waals surface area contributed by atoms with Gasteiger partial charge in [-0.05, 0) is 43.2 Å². The normalized spacial score (nSPS) is 24.3. The zero-order valence-corrected chi connectivity index (χ0v) is 20.4. The molecule has 0 bridgehead atoms. The Balaban J connectivity index is 1.31. The lowest BCUT2D eigenvalue weighted by atomic mass is 9.85. The number of aromatic nitrogens is 4. The summed E-state index contributed by atoms with van der Waals surface area (Å²) in [6.45, 7) is 6.33. The zero-order chi connectivity index (χ0) is 25.0. The van der Waals surface area contributed by atoms with E-state index in [1.807, 2.05) is 27.0 Å². The van der Waals surface area contributed by atoms with E-state index < -0.39 is 29.4 Å². The van der Waals surface area contributed by atoms with Crippen LogP contribution in [0.15, 0.2) is 24.5 Å². The van der Waals surface area contributed by atoms with Gasteiger partial charge in [0.25, 0.3) is 0 Å². The molecule has 5 rings (SSSR count). The van der Waals surface area contributed by atoms with Crippen LogP contribution >= 0.6 is 0 Å². The molecular weight excluding hydrogens is 451 g/mol. The molecule has 1 aliphatic heterocycles. The lowest BCUT2D eigenvalue weighted by Crippen LogP contribution is -2.51. The molecule has 0 spiro atoms. The first kappa shape index (κ1) is 23.8. The number of halogens is 1. The van der Waals surface area contributed by atoms with E-state index in [1.165, 1.54) is 17.2 Å². The minimum atomic E-state index is -0.776. The molecule has 0 radical (unpaired) electrons. The van der Waals surface area contributed by atoms with Gasteiger partial charge >= 0.3 is 0 Å². The van der Waals surface area contributed by atoms with Gasteiger partial charge in [-0.25, -0.2) is 9.07 Å². The van der Waals surface area contributed by atoms with Crippen LogP contribution in [-0.2, 0) is 15.0 Å². The first-order valence-electron chi connectivity index (χ1n) is 12.4. The number of aliphatic hydroxyl groups excluding tert-OH is 1. The summed E-state index contributed by atoms with van der Waals surface area (Å²) in [5, 5.41) is 21.9. The molecule has 2 saturated carbocycles.